The zero-order valence-corrected chi connectivity index (χ0v) is 30.4. The van der Waals surface area contributed by atoms with Gasteiger partial charge in [-0.25, -0.2) is 4.98 Å². The van der Waals surface area contributed by atoms with Crippen molar-refractivity contribution < 1.29 is 0 Å². The highest BCUT2D eigenvalue weighted by Crippen LogP contribution is 2.41. The Balaban J connectivity index is 1.12. The van der Waals surface area contributed by atoms with Crippen LogP contribution in [0.15, 0.2) is 206 Å². The molecule has 4 nitrogen and oxygen atoms in total. The lowest BCUT2D eigenvalue weighted by atomic mass is 9.99. The van der Waals surface area contributed by atoms with Crippen molar-refractivity contribution in [2.75, 3.05) is 0 Å². The van der Waals surface area contributed by atoms with Crippen molar-refractivity contribution in [3.63, 3.8) is 0 Å². The summed E-state index contributed by atoms with van der Waals surface area (Å²) in [5.41, 5.74) is 16.4. The van der Waals surface area contributed by atoms with Gasteiger partial charge in [0.1, 0.15) is 0 Å². The smallest absolute Gasteiger partial charge is 0.0963 e. The lowest BCUT2D eigenvalue weighted by molar-refractivity contribution is 1.17. The highest BCUT2D eigenvalue weighted by atomic mass is 15.0. The molecule has 0 saturated carbocycles. The van der Waals surface area contributed by atoms with Crippen LogP contribution < -0.4 is 0 Å². The molecule has 0 aliphatic heterocycles. The monoisotopic (exact) mass is 714 g/mol. The Bertz CT molecular complexity index is 3170. The van der Waals surface area contributed by atoms with E-state index in [0.29, 0.717) is 0 Å². The molecule has 11 rings (SSSR count). The first-order chi connectivity index (χ1) is 27.8. The van der Waals surface area contributed by atoms with Crippen LogP contribution in [0.25, 0.3) is 99.9 Å². The van der Waals surface area contributed by atoms with Gasteiger partial charge < -0.3 is 9.13 Å². The number of benzene rings is 7. The van der Waals surface area contributed by atoms with E-state index in [1.807, 2.05) is 18.3 Å². The van der Waals surface area contributed by atoms with Crippen molar-refractivity contribution in [3.8, 4) is 56.1 Å². The Morgan fingerprint density at radius 3 is 1.79 bits per heavy atom. The molecule has 56 heavy (non-hydrogen) atoms. The molecule has 0 aliphatic rings. The van der Waals surface area contributed by atoms with E-state index in [4.69, 9.17) is 9.97 Å². The fraction of sp³-hybridized carbons (Fsp3) is 0. The van der Waals surface area contributed by atoms with E-state index in [1.165, 1.54) is 16.3 Å². The Morgan fingerprint density at radius 1 is 0.339 bits per heavy atom. The molecule has 0 N–H and O–H groups in total. The van der Waals surface area contributed by atoms with Crippen molar-refractivity contribution in [1.82, 2.24) is 19.1 Å². The third-order valence-corrected chi connectivity index (χ3v) is 10.9. The van der Waals surface area contributed by atoms with Crippen LogP contribution in [0.1, 0.15) is 0 Å². The average Bonchev–Trinajstić information content (AvgIpc) is 3.80. The second-order valence-corrected chi connectivity index (χ2v) is 14.2. The highest BCUT2D eigenvalue weighted by molar-refractivity contribution is 6.15. The van der Waals surface area contributed by atoms with Gasteiger partial charge in [0.15, 0.2) is 0 Å². The summed E-state index contributed by atoms with van der Waals surface area (Å²) in [6.45, 7) is 0. The van der Waals surface area contributed by atoms with Crippen LogP contribution in [-0.2, 0) is 0 Å². The second-order valence-electron chi connectivity index (χ2n) is 14.2. The zero-order chi connectivity index (χ0) is 37.0. The van der Waals surface area contributed by atoms with Gasteiger partial charge in [-0.15, -0.1) is 0 Å². The first-order valence-electron chi connectivity index (χ1n) is 19.0. The summed E-state index contributed by atoms with van der Waals surface area (Å²) in [4.78, 5) is 10.2. The average molecular weight is 715 g/mol. The molecule has 0 bridgehead atoms. The summed E-state index contributed by atoms with van der Waals surface area (Å²) >= 11 is 0. The first-order valence-corrected chi connectivity index (χ1v) is 19.0. The summed E-state index contributed by atoms with van der Waals surface area (Å²) in [5.74, 6) is 0. The van der Waals surface area contributed by atoms with Gasteiger partial charge in [0.25, 0.3) is 0 Å². The van der Waals surface area contributed by atoms with E-state index >= 15 is 0 Å². The van der Waals surface area contributed by atoms with Crippen LogP contribution in [0.2, 0.25) is 0 Å². The second kappa shape index (κ2) is 13.1. The number of rotatable bonds is 6. The number of para-hydroxylation sites is 3. The molecule has 0 amide bonds. The quantitative estimate of drug-likeness (QED) is 0.172. The van der Waals surface area contributed by atoms with Crippen molar-refractivity contribution in [3.05, 3.63) is 206 Å². The maximum Gasteiger partial charge on any atom is 0.0963 e. The van der Waals surface area contributed by atoms with Crippen molar-refractivity contribution in [2.24, 2.45) is 0 Å². The molecule has 0 atom stereocenters. The largest absolute Gasteiger partial charge is 0.309 e. The molecular formula is C52H34N4. The summed E-state index contributed by atoms with van der Waals surface area (Å²) in [6, 6.07) is 71.2. The lowest BCUT2D eigenvalue weighted by Gasteiger charge is -2.14. The molecule has 0 unspecified atom stereocenters. The minimum Gasteiger partial charge on any atom is -0.309 e. The number of pyridine rings is 2. The van der Waals surface area contributed by atoms with Crippen LogP contribution in [0, 0.1) is 0 Å². The minimum absolute atomic E-state index is 0.931. The third-order valence-electron chi connectivity index (χ3n) is 10.9. The molecule has 0 radical (unpaired) electrons. The third kappa shape index (κ3) is 5.23. The first kappa shape index (κ1) is 31.9. The highest BCUT2D eigenvalue weighted by Gasteiger charge is 2.19. The van der Waals surface area contributed by atoms with Gasteiger partial charge in [-0.2, -0.15) is 0 Å². The standard InChI is InChI=1S/C52H34N4/c1-4-15-35(16-5-1)39-33-46(36-17-6-2-7-18-36)54-47(34-39)38-19-12-22-41(31-38)56-48-26-11-10-23-43(48)44-25-13-24-42(52(44)56)37-28-29-49-45(32-37)51-50(27-14-30-53-51)55(49)40-20-8-3-9-21-40/h1-34H. The molecular weight excluding hydrogens is 681 g/mol. The number of nitrogens with zero attached hydrogens (tertiary/aromatic N) is 4. The van der Waals surface area contributed by atoms with E-state index in [1.54, 1.807) is 0 Å². The van der Waals surface area contributed by atoms with E-state index in [2.05, 4.69) is 197 Å². The van der Waals surface area contributed by atoms with Gasteiger partial charge in [0.05, 0.1) is 39.0 Å². The van der Waals surface area contributed by atoms with E-state index in [-0.39, 0.29) is 0 Å². The predicted molar refractivity (Wildman–Crippen MR) is 232 cm³/mol. The summed E-state index contributed by atoms with van der Waals surface area (Å²) in [7, 11) is 0. The molecule has 11 aromatic rings. The van der Waals surface area contributed by atoms with Crippen molar-refractivity contribution >= 4 is 43.7 Å². The molecule has 4 aromatic heterocycles. The molecule has 0 fully saturated rings. The van der Waals surface area contributed by atoms with Gasteiger partial charge in [-0.3, -0.25) is 4.98 Å². The van der Waals surface area contributed by atoms with Crippen LogP contribution in [0.5, 0.6) is 0 Å². The maximum absolute atomic E-state index is 5.27. The minimum atomic E-state index is 0.931. The van der Waals surface area contributed by atoms with E-state index < -0.39 is 0 Å². The molecule has 4 heteroatoms. The van der Waals surface area contributed by atoms with Gasteiger partial charge in [-0.1, -0.05) is 133 Å². The molecule has 4 heterocycles. The Labute approximate surface area is 324 Å². The summed E-state index contributed by atoms with van der Waals surface area (Å²) in [6.07, 6.45) is 1.89. The van der Waals surface area contributed by atoms with Crippen LogP contribution in [-0.4, -0.2) is 19.1 Å². The topological polar surface area (TPSA) is 35.6 Å². The number of aromatic nitrogens is 4. The van der Waals surface area contributed by atoms with Crippen LogP contribution in [0.4, 0.5) is 0 Å². The summed E-state index contributed by atoms with van der Waals surface area (Å²) < 4.78 is 4.74. The molecule has 0 aliphatic carbocycles. The summed E-state index contributed by atoms with van der Waals surface area (Å²) in [5, 5.41) is 3.56. The normalized spacial score (nSPS) is 11.6. The fourth-order valence-corrected chi connectivity index (χ4v) is 8.41. The predicted octanol–water partition coefficient (Wildman–Crippen LogP) is 13.3. The van der Waals surface area contributed by atoms with Crippen molar-refractivity contribution in [2.45, 2.75) is 0 Å². The number of fused-ring (bicyclic) bond motifs is 6. The van der Waals surface area contributed by atoms with Gasteiger partial charge in [0, 0.05) is 50.4 Å². The van der Waals surface area contributed by atoms with E-state index in [0.717, 1.165) is 83.6 Å². The Hall–Kier alpha value is -7.56. The van der Waals surface area contributed by atoms with Crippen molar-refractivity contribution in [1.29, 1.82) is 0 Å². The van der Waals surface area contributed by atoms with Crippen LogP contribution >= 0.6 is 0 Å². The SMILES string of the molecule is c1ccc(-c2cc(-c3ccccc3)nc(-c3cccc(-n4c5ccccc5c5cccc(-c6ccc7c(c6)c6ncccc6n7-c6ccccc6)c54)c3)c2)cc1. The van der Waals surface area contributed by atoms with E-state index in [9.17, 15) is 0 Å². The fourth-order valence-electron chi connectivity index (χ4n) is 8.41. The van der Waals surface area contributed by atoms with Gasteiger partial charge >= 0.3 is 0 Å². The van der Waals surface area contributed by atoms with Crippen LogP contribution in [0.3, 0.4) is 0 Å². The van der Waals surface area contributed by atoms with Gasteiger partial charge in [-0.05, 0) is 83.4 Å². The Kier molecular flexibility index (Phi) is 7.46. The number of hydrogen-bond donors (Lipinski definition) is 0. The molecule has 0 spiro atoms. The molecule has 7 aromatic carbocycles. The maximum atomic E-state index is 5.27. The number of hydrogen-bond acceptors (Lipinski definition) is 2. The van der Waals surface area contributed by atoms with Gasteiger partial charge in [0.2, 0.25) is 0 Å². The molecule has 262 valence electrons. The zero-order valence-electron chi connectivity index (χ0n) is 30.4. The Morgan fingerprint density at radius 2 is 0.964 bits per heavy atom. The lowest BCUT2D eigenvalue weighted by Crippen LogP contribution is -1.97. The molecule has 0 saturated heterocycles.